The van der Waals surface area contributed by atoms with Crippen molar-refractivity contribution in [2.45, 2.75) is 13.3 Å². The van der Waals surface area contributed by atoms with Gasteiger partial charge in [-0.25, -0.2) is 0 Å². The smallest absolute Gasteiger partial charge is 0.140 e. The molecule has 1 aromatic heterocycles. The Morgan fingerprint density at radius 1 is 1.46 bits per heavy atom. The van der Waals surface area contributed by atoms with Crippen molar-refractivity contribution >= 4 is 0 Å². The van der Waals surface area contributed by atoms with Gasteiger partial charge in [0.1, 0.15) is 6.20 Å². The Morgan fingerprint density at radius 3 is 2.92 bits per heavy atom. The molecule has 1 aromatic rings. The highest BCUT2D eigenvalue weighted by Crippen LogP contribution is 1.99. The van der Waals surface area contributed by atoms with Crippen LogP contribution < -0.4 is 10.3 Å². The molecule has 5 nitrogen and oxygen atoms in total. The Kier molecular flexibility index (Phi) is 2.44. The molecule has 71 valence electrons. The zero-order valence-electron chi connectivity index (χ0n) is 7.82. The largest absolute Gasteiger partial charge is 0.313 e. The third-order valence-electron chi connectivity index (χ3n) is 2.25. The first-order chi connectivity index (χ1) is 6.42. The second-order valence-electron chi connectivity index (χ2n) is 3.09. The highest BCUT2D eigenvalue weighted by Gasteiger charge is 2.13. The van der Waals surface area contributed by atoms with Gasteiger partial charge in [-0.3, -0.25) is 5.01 Å². The first-order valence-corrected chi connectivity index (χ1v) is 4.70. The fourth-order valence-corrected chi connectivity index (χ4v) is 1.51. The molecule has 1 N–H and O–H groups in total. The monoisotopic (exact) mass is 180 g/mol. The normalized spacial score (nSPS) is 17.8. The SMILES string of the molecule is CCc1[c]nnn1N1CCNCC1. The molecule has 0 amide bonds. The standard InChI is InChI=1S/C8H14N5/c1-2-8-7-10-11-13(8)12-5-3-9-4-6-12/h9H,2-6H2,1H3. The van der Waals surface area contributed by atoms with E-state index in [1.807, 2.05) is 4.79 Å². The number of hydrogen-bond acceptors (Lipinski definition) is 4. The van der Waals surface area contributed by atoms with E-state index in [9.17, 15) is 0 Å². The number of aryl methyl sites for hydroxylation is 1. The van der Waals surface area contributed by atoms with Crippen molar-refractivity contribution in [1.29, 1.82) is 0 Å². The van der Waals surface area contributed by atoms with Gasteiger partial charge in [-0.05, 0) is 11.6 Å². The first kappa shape index (κ1) is 8.50. The van der Waals surface area contributed by atoms with Crippen LogP contribution in [0.5, 0.6) is 0 Å². The highest BCUT2D eigenvalue weighted by molar-refractivity contribution is 4.99. The van der Waals surface area contributed by atoms with Gasteiger partial charge in [0.25, 0.3) is 0 Å². The third kappa shape index (κ3) is 1.65. The van der Waals surface area contributed by atoms with Gasteiger partial charge in [0.05, 0.1) is 5.69 Å². The van der Waals surface area contributed by atoms with E-state index in [1.54, 1.807) is 0 Å². The Morgan fingerprint density at radius 2 is 2.23 bits per heavy atom. The van der Waals surface area contributed by atoms with Gasteiger partial charge in [-0.2, -0.15) is 4.79 Å². The molecule has 0 saturated carbocycles. The summed E-state index contributed by atoms with van der Waals surface area (Å²) in [7, 11) is 0. The molecule has 0 unspecified atom stereocenters. The summed E-state index contributed by atoms with van der Waals surface area (Å²) >= 11 is 0. The van der Waals surface area contributed by atoms with Crippen LogP contribution in [-0.4, -0.2) is 41.3 Å². The van der Waals surface area contributed by atoms with Crippen LogP contribution in [0.1, 0.15) is 12.6 Å². The third-order valence-corrected chi connectivity index (χ3v) is 2.25. The van der Waals surface area contributed by atoms with Gasteiger partial charge in [0, 0.05) is 26.2 Å². The van der Waals surface area contributed by atoms with Crippen molar-refractivity contribution in [3.63, 3.8) is 0 Å². The maximum Gasteiger partial charge on any atom is 0.140 e. The minimum Gasteiger partial charge on any atom is -0.313 e. The molecule has 0 aromatic carbocycles. The molecule has 1 saturated heterocycles. The average molecular weight is 180 g/mol. The fraction of sp³-hybridized carbons (Fsp3) is 0.750. The van der Waals surface area contributed by atoms with Gasteiger partial charge in [-0.15, -0.1) is 5.10 Å². The highest BCUT2D eigenvalue weighted by atomic mass is 15.7. The molecule has 0 aliphatic carbocycles. The van der Waals surface area contributed by atoms with Crippen molar-refractivity contribution < 1.29 is 0 Å². The number of piperazine rings is 1. The minimum absolute atomic E-state index is 0.928. The van der Waals surface area contributed by atoms with Gasteiger partial charge in [0.2, 0.25) is 0 Å². The van der Waals surface area contributed by atoms with Crippen LogP contribution in [0.15, 0.2) is 0 Å². The number of hydrogen-bond donors (Lipinski definition) is 1. The van der Waals surface area contributed by atoms with Crippen LogP contribution in [0.4, 0.5) is 0 Å². The van der Waals surface area contributed by atoms with E-state index in [4.69, 9.17) is 0 Å². The van der Waals surface area contributed by atoms with Gasteiger partial charge in [0.15, 0.2) is 0 Å². The van der Waals surface area contributed by atoms with Gasteiger partial charge in [-0.1, -0.05) is 6.92 Å². The van der Waals surface area contributed by atoms with Crippen molar-refractivity contribution in [3.8, 4) is 0 Å². The molecule has 1 radical (unpaired) electrons. The Balaban J connectivity index is 2.13. The summed E-state index contributed by atoms with van der Waals surface area (Å²) in [5, 5.41) is 13.3. The van der Waals surface area contributed by atoms with E-state index in [0.717, 1.165) is 38.3 Å². The summed E-state index contributed by atoms with van der Waals surface area (Å²) in [4.78, 5) is 1.88. The maximum absolute atomic E-state index is 4.02. The van der Waals surface area contributed by atoms with Crippen LogP contribution in [0.3, 0.4) is 0 Å². The van der Waals surface area contributed by atoms with Crippen molar-refractivity contribution in [3.05, 3.63) is 11.9 Å². The number of rotatable bonds is 2. The van der Waals surface area contributed by atoms with Crippen molar-refractivity contribution in [1.82, 2.24) is 20.4 Å². The van der Waals surface area contributed by atoms with E-state index < -0.39 is 0 Å². The predicted octanol–water partition coefficient (Wildman–Crippen LogP) is -0.818. The molecule has 0 atom stereocenters. The van der Waals surface area contributed by atoms with E-state index in [2.05, 4.69) is 33.8 Å². The van der Waals surface area contributed by atoms with E-state index in [1.165, 1.54) is 0 Å². The van der Waals surface area contributed by atoms with Crippen LogP contribution in [-0.2, 0) is 6.42 Å². The lowest BCUT2D eigenvalue weighted by atomic mass is 10.4. The summed E-state index contributed by atoms with van der Waals surface area (Å²) in [6, 6.07) is 0. The van der Waals surface area contributed by atoms with E-state index in [0.29, 0.717) is 0 Å². The zero-order chi connectivity index (χ0) is 9.10. The summed E-state index contributed by atoms with van der Waals surface area (Å²) < 4.78 is 0. The summed E-state index contributed by atoms with van der Waals surface area (Å²) in [6.07, 6.45) is 3.82. The average Bonchev–Trinajstić information content (AvgIpc) is 2.67. The lowest BCUT2D eigenvalue weighted by molar-refractivity contribution is 0.442. The second-order valence-corrected chi connectivity index (χ2v) is 3.09. The number of aromatic nitrogens is 3. The number of nitrogens with one attached hydrogen (secondary N) is 1. The first-order valence-electron chi connectivity index (χ1n) is 4.70. The molecule has 1 aliphatic heterocycles. The van der Waals surface area contributed by atoms with E-state index in [-0.39, 0.29) is 0 Å². The Hall–Kier alpha value is -1.10. The van der Waals surface area contributed by atoms with Crippen molar-refractivity contribution in [2.24, 2.45) is 0 Å². The van der Waals surface area contributed by atoms with Crippen LogP contribution in [0.25, 0.3) is 0 Å². The van der Waals surface area contributed by atoms with E-state index >= 15 is 0 Å². The molecular formula is C8H14N5. The van der Waals surface area contributed by atoms with Crippen LogP contribution >= 0.6 is 0 Å². The van der Waals surface area contributed by atoms with Crippen LogP contribution in [0.2, 0.25) is 0 Å². The van der Waals surface area contributed by atoms with Gasteiger partial charge >= 0.3 is 0 Å². The number of nitrogens with zero attached hydrogens (tertiary/aromatic N) is 4. The zero-order valence-corrected chi connectivity index (χ0v) is 7.82. The fourth-order valence-electron chi connectivity index (χ4n) is 1.51. The molecule has 0 spiro atoms. The molecule has 13 heavy (non-hydrogen) atoms. The summed E-state index contributed by atoms with van der Waals surface area (Å²) in [5.41, 5.74) is 1.06. The molecular weight excluding hydrogens is 166 g/mol. The lowest BCUT2D eigenvalue weighted by Crippen LogP contribution is -2.50. The molecule has 1 fully saturated rings. The molecule has 0 bridgehead atoms. The summed E-state index contributed by atoms with van der Waals surface area (Å²) in [5.74, 6) is 0. The Labute approximate surface area is 77.7 Å². The second kappa shape index (κ2) is 3.74. The van der Waals surface area contributed by atoms with Crippen molar-refractivity contribution in [2.75, 3.05) is 31.2 Å². The molecule has 2 rings (SSSR count). The van der Waals surface area contributed by atoms with Gasteiger partial charge < -0.3 is 5.32 Å². The molecule has 5 heteroatoms. The lowest BCUT2D eigenvalue weighted by Gasteiger charge is -2.29. The minimum atomic E-state index is 0.928. The molecule has 2 heterocycles. The van der Waals surface area contributed by atoms with Crippen LogP contribution in [0, 0.1) is 6.20 Å². The molecule has 1 aliphatic rings. The summed E-state index contributed by atoms with van der Waals surface area (Å²) in [6.45, 7) is 6.11. The topological polar surface area (TPSA) is 46.0 Å². The quantitative estimate of drug-likeness (QED) is 0.646. The maximum atomic E-state index is 4.02. The Bertz CT molecular complexity index is 263. The predicted molar refractivity (Wildman–Crippen MR) is 49.1 cm³/mol.